The van der Waals surface area contributed by atoms with Crippen LogP contribution < -0.4 is 149 Å². The number of nitrogens with zero attached hydrogens (tertiary/aromatic N) is 2. The zero-order valence-electron chi connectivity index (χ0n) is 27.8. The van der Waals surface area contributed by atoms with E-state index in [1.54, 1.807) is 0 Å². The van der Waals surface area contributed by atoms with Gasteiger partial charge in [-0.3, -0.25) is 9.36 Å². The molecule has 0 bridgehead atoms. The Morgan fingerprint density at radius 3 is 1.87 bits per heavy atom. The first kappa shape index (κ1) is 52.8. The van der Waals surface area contributed by atoms with E-state index in [1.165, 1.54) is 63.9 Å². The molecule has 0 aliphatic carbocycles. The standard InChI is InChI=1S/C25H45N3O12P2.4Na/c1-2-3-4-5-6-7-8-9-10-11-12-13-14-15-21(29)26-20-16-17-28(25(31)27-20)24-22(30)23(40-42(35,36)37)19(39-24)18-38-41(32,33)34;;;;/h16-17,19,22-24,30H,2-15,18H2,1H3,(H2,32,33,34)(H2,35,36,37)(H,26,27,29,31);;;;/q;4*+1/p-4/t19-,22-,23-,24-;;;;/m1..../s1. The van der Waals surface area contributed by atoms with Gasteiger partial charge in [-0.1, -0.05) is 84.0 Å². The monoisotopic (exact) mass is 729 g/mol. The third-order valence-corrected chi connectivity index (χ3v) is 7.80. The molecule has 1 amide bonds. The van der Waals surface area contributed by atoms with E-state index in [9.17, 15) is 43.4 Å². The summed E-state index contributed by atoms with van der Waals surface area (Å²) in [6.07, 6.45) is 9.26. The van der Waals surface area contributed by atoms with Gasteiger partial charge in [0.2, 0.25) is 5.91 Å². The summed E-state index contributed by atoms with van der Waals surface area (Å²) in [6.45, 7) is 1.13. The van der Waals surface area contributed by atoms with Gasteiger partial charge in [0.15, 0.2) is 6.23 Å². The van der Waals surface area contributed by atoms with Crippen LogP contribution in [0.15, 0.2) is 17.1 Å². The number of unbranched alkanes of at least 4 members (excludes halogenated alkanes) is 12. The number of carbonyl (C=O) groups is 1. The number of hydrogen-bond acceptors (Lipinski definition) is 13. The third-order valence-electron chi connectivity index (χ3n) is 6.84. The molecule has 1 aromatic heterocycles. The summed E-state index contributed by atoms with van der Waals surface area (Å²) in [5.74, 6) is -0.412. The fraction of sp³-hybridized carbons (Fsp3) is 0.800. The van der Waals surface area contributed by atoms with Gasteiger partial charge in [-0.15, -0.1) is 0 Å². The van der Waals surface area contributed by atoms with Crippen molar-refractivity contribution in [1.82, 2.24) is 9.55 Å². The Morgan fingerprint density at radius 1 is 0.913 bits per heavy atom. The van der Waals surface area contributed by atoms with Crippen LogP contribution in [-0.4, -0.2) is 45.5 Å². The minimum atomic E-state index is -5.71. The quantitative estimate of drug-likeness (QED) is 0.0680. The maximum atomic E-state index is 12.6. The molecule has 21 heteroatoms. The molecule has 242 valence electrons. The summed E-state index contributed by atoms with van der Waals surface area (Å²) >= 11 is 0. The number of amides is 1. The number of aromatic nitrogens is 2. The largest absolute Gasteiger partial charge is 1.00 e. The van der Waals surface area contributed by atoms with Crippen LogP contribution in [0.4, 0.5) is 5.82 Å². The number of aliphatic hydroxyl groups excluding tert-OH is 1. The van der Waals surface area contributed by atoms with E-state index in [2.05, 4.69) is 26.3 Å². The number of hydrogen-bond donors (Lipinski definition) is 2. The molecule has 15 nitrogen and oxygen atoms in total. The number of phosphoric acid groups is 2. The predicted octanol–water partition coefficient (Wildman–Crippen LogP) is -11.0. The first-order valence-electron chi connectivity index (χ1n) is 14.4. The Morgan fingerprint density at radius 2 is 1.41 bits per heavy atom. The van der Waals surface area contributed by atoms with Crippen LogP contribution in [0.2, 0.25) is 0 Å². The van der Waals surface area contributed by atoms with Crippen LogP contribution in [0, 0.1) is 0 Å². The number of nitrogens with one attached hydrogen (secondary N) is 1. The number of carbonyl (C=O) groups excluding carboxylic acids is 1. The molecule has 0 saturated carbocycles. The zero-order chi connectivity index (χ0) is 31.2. The topological polar surface area (TPSA) is 238 Å². The summed E-state index contributed by atoms with van der Waals surface area (Å²) in [4.78, 5) is 72.3. The molecule has 1 aromatic rings. The molecule has 2 rings (SSSR count). The molecule has 2 heterocycles. The van der Waals surface area contributed by atoms with Gasteiger partial charge in [-0.2, -0.15) is 4.98 Å². The molecule has 0 spiro atoms. The Labute approximate surface area is 359 Å². The molecular formula is C25H41N3Na4O12P2. The number of aliphatic hydroxyl groups is 1. The molecule has 46 heavy (non-hydrogen) atoms. The van der Waals surface area contributed by atoms with Crippen LogP contribution in [0.5, 0.6) is 0 Å². The molecule has 0 radical (unpaired) electrons. The average molecular weight is 730 g/mol. The maximum Gasteiger partial charge on any atom is 1.00 e. The molecule has 1 saturated heterocycles. The normalized spacial score (nSPS) is 19.3. The van der Waals surface area contributed by atoms with Gasteiger partial charge in [0.05, 0.1) is 22.3 Å². The van der Waals surface area contributed by atoms with E-state index in [0.717, 1.165) is 30.0 Å². The summed E-state index contributed by atoms with van der Waals surface area (Å²) in [5, 5.41) is 13.0. The fourth-order valence-corrected chi connectivity index (χ4v) is 5.60. The van der Waals surface area contributed by atoms with Crippen LogP contribution in [0.1, 0.15) is 103 Å². The maximum absolute atomic E-state index is 12.6. The Bertz CT molecular complexity index is 1130. The van der Waals surface area contributed by atoms with Gasteiger partial charge in [0.1, 0.15) is 24.1 Å². The first-order chi connectivity index (χ1) is 19.8. The molecule has 0 unspecified atom stereocenters. The summed E-state index contributed by atoms with van der Waals surface area (Å²) in [5.41, 5.74) is -1.02. The molecule has 2 N–H and O–H groups in total. The fourth-order valence-electron chi connectivity index (χ4n) is 4.71. The zero-order valence-corrected chi connectivity index (χ0v) is 37.6. The Kier molecular flexibility index (Phi) is 32.2. The summed E-state index contributed by atoms with van der Waals surface area (Å²) in [6, 6.07) is 1.23. The van der Waals surface area contributed by atoms with Crippen molar-refractivity contribution >= 4 is 27.4 Å². The second-order valence-corrected chi connectivity index (χ2v) is 12.6. The number of anilines is 1. The third kappa shape index (κ3) is 22.4. The van der Waals surface area contributed by atoms with Gasteiger partial charge >= 0.3 is 124 Å². The van der Waals surface area contributed by atoms with E-state index in [-0.39, 0.29) is 136 Å². The first-order valence-corrected chi connectivity index (χ1v) is 17.3. The van der Waals surface area contributed by atoms with Crippen LogP contribution >= 0.6 is 15.6 Å². The van der Waals surface area contributed by atoms with Crippen molar-refractivity contribution in [2.24, 2.45) is 0 Å². The minimum Gasteiger partial charge on any atom is -0.790 e. The summed E-state index contributed by atoms with van der Waals surface area (Å²) in [7, 11) is -11.2. The molecular weight excluding hydrogens is 688 g/mol. The van der Waals surface area contributed by atoms with Gasteiger partial charge in [0.25, 0.3) is 0 Å². The number of rotatable bonds is 21. The second kappa shape index (κ2) is 28.1. The predicted molar refractivity (Wildman–Crippen MR) is 143 cm³/mol. The number of ether oxygens (including phenoxy) is 1. The molecule has 1 aliphatic heterocycles. The van der Waals surface area contributed by atoms with Crippen molar-refractivity contribution in [1.29, 1.82) is 0 Å². The minimum absolute atomic E-state index is 0. The van der Waals surface area contributed by atoms with Gasteiger partial charge in [-0.05, 0) is 12.5 Å². The molecule has 1 fully saturated rings. The number of phosphoric ester groups is 2. The molecule has 4 atom stereocenters. The van der Waals surface area contributed by atoms with Crippen LogP contribution in [0.3, 0.4) is 0 Å². The smallest absolute Gasteiger partial charge is 0.790 e. The van der Waals surface area contributed by atoms with Gasteiger partial charge in [-0.25, -0.2) is 4.79 Å². The van der Waals surface area contributed by atoms with E-state index in [0.29, 0.717) is 6.42 Å². The van der Waals surface area contributed by atoms with E-state index in [1.807, 2.05) is 0 Å². The Balaban J connectivity index is -0.00000462. The van der Waals surface area contributed by atoms with Crippen LogP contribution in [-0.2, 0) is 27.7 Å². The second-order valence-electron chi connectivity index (χ2n) is 10.4. The van der Waals surface area contributed by atoms with Gasteiger partial charge < -0.3 is 52.9 Å². The van der Waals surface area contributed by atoms with Crippen molar-refractivity contribution in [2.75, 3.05) is 11.9 Å². The van der Waals surface area contributed by atoms with Crippen molar-refractivity contribution < 1.29 is 171 Å². The summed E-state index contributed by atoms with van der Waals surface area (Å²) < 4.78 is 36.2. The van der Waals surface area contributed by atoms with E-state index >= 15 is 0 Å². The Hall–Kier alpha value is 2.49. The van der Waals surface area contributed by atoms with Crippen molar-refractivity contribution in [3.8, 4) is 0 Å². The van der Waals surface area contributed by atoms with Crippen LogP contribution in [0.25, 0.3) is 0 Å². The van der Waals surface area contributed by atoms with E-state index in [4.69, 9.17) is 4.74 Å². The van der Waals surface area contributed by atoms with Gasteiger partial charge in [0, 0.05) is 12.6 Å². The SMILES string of the molecule is CCCCCCCCCCCCCCCC(=O)Nc1ccn([C@@H]2O[C@H](COP(=O)([O-])[O-])[C@@H](OP(=O)([O-])[O-])[C@H]2O)c(=O)n1.[Na+].[Na+].[Na+].[Na+]. The molecule has 1 aliphatic rings. The van der Waals surface area contributed by atoms with Crippen molar-refractivity contribution in [3.63, 3.8) is 0 Å². The van der Waals surface area contributed by atoms with E-state index < -0.39 is 52.5 Å². The van der Waals surface area contributed by atoms with Crippen molar-refractivity contribution in [3.05, 3.63) is 22.7 Å². The molecule has 0 aromatic carbocycles. The average Bonchev–Trinajstić information content (AvgIpc) is 3.18. The van der Waals surface area contributed by atoms with Crippen molar-refractivity contribution in [2.45, 2.75) is 121 Å².